The molecule has 5 heteroatoms. The summed E-state index contributed by atoms with van der Waals surface area (Å²) in [7, 11) is 0. The molecule has 5 nitrogen and oxygen atoms in total. The molecule has 0 spiro atoms. The maximum Gasteiger partial charge on any atom is 0.222 e. The van der Waals surface area contributed by atoms with Crippen LogP contribution in [0.3, 0.4) is 0 Å². The van der Waals surface area contributed by atoms with Crippen LogP contribution in [-0.4, -0.2) is 9.97 Å². The highest BCUT2D eigenvalue weighted by Gasteiger charge is 2.09. The highest BCUT2D eigenvalue weighted by molar-refractivity contribution is 5.93. The number of hydrogen-bond acceptors (Lipinski definition) is 5. The van der Waals surface area contributed by atoms with Gasteiger partial charge in [0.15, 0.2) is 0 Å². The lowest BCUT2D eigenvalue weighted by Crippen LogP contribution is -2.01. The van der Waals surface area contributed by atoms with Crippen molar-refractivity contribution in [2.45, 2.75) is 6.92 Å². The number of hydrogen-bond donors (Lipinski definition) is 2. The van der Waals surface area contributed by atoms with Gasteiger partial charge in [-0.05, 0) is 47.9 Å². The van der Waals surface area contributed by atoms with E-state index in [4.69, 9.17) is 16.7 Å². The molecule has 0 aliphatic rings. The van der Waals surface area contributed by atoms with E-state index in [1.165, 1.54) is 0 Å². The van der Waals surface area contributed by atoms with Crippen LogP contribution in [0.25, 0.3) is 22.0 Å². The molecule has 0 saturated carbocycles. The summed E-state index contributed by atoms with van der Waals surface area (Å²) < 4.78 is 0. The quantitative estimate of drug-likeness (QED) is 0.710. The maximum absolute atomic E-state index is 9.02. The van der Waals surface area contributed by atoms with Crippen molar-refractivity contribution in [3.05, 3.63) is 47.5 Å². The molecule has 1 aromatic heterocycles. The van der Waals surface area contributed by atoms with Gasteiger partial charge in [-0.1, -0.05) is 12.1 Å². The standard InChI is InChI=1S/C16H13N5/c1-9-5-13-14(20-16(19)21-15(13)18)7-12(9)11-4-2-3-10(6-11)8-17/h2-7H,1H3,(H4,18,19,20,21). The van der Waals surface area contributed by atoms with Crippen molar-refractivity contribution in [2.24, 2.45) is 0 Å². The van der Waals surface area contributed by atoms with Gasteiger partial charge < -0.3 is 11.5 Å². The highest BCUT2D eigenvalue weighted by atomic mass is 15.0. The van der Waals surface area contributed by atoms with E-state index in [1.54, 1.807) is 6.07 Å². The molecule has 0 radical (unpaired) electrons. The second kappa shape index (κ2) is 4.76. The number of anilines is 2. The van der Waals surface area contributed by atoms with Gasteiger partial charge in [-0.15, -0.1) is 0 Å². The Hall–Kier alpha value is -3.13. The molecule has 2 aromatic carbocycles. The van der Waals surface area contributed by atoms with Crippen LogP contribution in [0.2, 0.25) is 0 Å². The molecule has 0 unspecified atom stereocenters. The van der Waals surface area contributed by atoms with Crippen LogP contribution in [-0.2, 0) is 0 Å². The number of rotatable bonds is 1. The van der Waals surface area contributed by atoms with E-state index >= 15 is 0 Å². The van der Waals surface area contributed by atoms with Crippen LogP contribution in [0.4, 0.5) is 11.8 Å². The lowest BCUT2D eigenvalue weighted by atomic mass is 9.97. The van der Waals surface area contributed by atoms with Gasteiger partial charge in [0.25, 0.3) is 0 Å². The van der Waals surface area contributed by atoms with Crippen LogP contribution >= 0.6 is 0 Å². The highest BCUT2D eigenvalue weighted by Crippen LogP contribution is 2.30. The number of benzene rings is 2. The Labute approximate surface area is 121 Å². The van der Waals surface area contributed by atoms with Crippen molar-refractivity contribution >= 4 is 22.7 Å². The molecule has 102 valence electrons. The molecule has 0 fully saturated rings. The van der Waals surface area contributed by atoms with Gasteiger partial charge in [0.1, 0.15) is 5.82 Å². The Morgan fingerprint density at radius 2 is 1.90 bits per heavy atom. The van der Waals surface area contributed by atoms with Gasteiger partial charge in [0.05, 0.1) is 17.1 Å². The van der Waals surface area contributed by atoms with Crippen molar-refractivity contribution in [3.63, 3.8) is 0 Å². The first kappa shape index (κ1) is 12.9. The van der Waals surface area contributed by atoms with Gasteiger partial charge in [-0.3, -0.25) is 0 Å². The molecule has 0 bridgehead atoms. The van der Waals surface area contributed by atoms with E-state index < -0.39 is 0 Å². The number of aryl methyl sites for hydroxylation is 1. The summed E-state index contributed by atoms with van der Waals surface area (Å²) in [5, 5.41) is 9.80. The molecule has 0 saturated heterocycles. The average Bonchev–Trinajstić information content (AvgIpc) is 2.47. The fourth-order valence-electron chi connectivity index (χ4n) is 2.39. The summed E-state index contributed by atoms with van der Waals surface area (Å²) in [6, 6.07) is 13.5. The third kappa shape index (κ3) is 2.23. The van der Waals surface area contributed by atoms with E-state index in [0.717, 1.165) is 22.1 Å². The summed E-state index contributed by atoms with van der Waals surface area (Å²) in [4.78, 5) is 8.20. The SMILES string of the molecule is Cc1cc2c(N)nc(N)nc2cc1-c1cccc(C#N)c1. The monoisotopic (exact) mass is 275 g/mol. The number of nitrogens with two attached hydrogens (primary N) is 2. The first-order valence-corrected chi connectivity index (χ1v) is 6.42. The van der Waals surface area contributed by atoms with Crippen molar-refractivity contribution in [1.82, 2.24) is 9.97 Å². The second-order valence-corrected chi connectivity index (χ2v) is 4.84. The zero-order chi connectivity index (χ0) is 15.0. The fourth-order valence-corrected chi connectivity index (χ4v) is 2.39. The minimum absolute atomic E-state index is 0.153. The fraction of sp³-hybridized carbons (Fsp3) is 0.0625. The summed E-state index contributed by atoms with van der Waals surface area (Å²) in [5.74, 6) is 0.526. The largest absolute Gasteiger partial charge is 0.383 e. The third-order valence-electron chi connectivity index (χ3n) is 3.39. The predicted octanol–water partition coefficient (Wildman–Crippen LogP) is 2.64. The van der Waals surface area contributed by atoms with Crippen molar-refractivity contribution < 1.29 is 0 Å². The van der Waals surface area contributed by atoms with Crippen LogP contribution in [0.15, 0.2) is 36.4 Å². The summed E-state index contributed by atoms with van der Waals surface area (Å²) >= 11 is 0. The molecular formula is C16H13N5. The van der Waals surface area contributed by atoms with Crippen LogP contribution in [0.1, 0.15) is 11.1 Å². The molecule has 4 N–H and O–H groups in total. The van der Waals surface area contributed by atoms with Gasteiger partial charge in [0, 0.05) is 5.39 Å². The Morgan fingerprint density at radius 1 is 1.10 bits per heavy atom. The number of nitriles is 1. The molecule has 0 aliphatic heterocycles. The molecule has 0 atom stereocenters. The number of fused-ring (bicyclic) bond motifs is 1. The minimum Gasteiger partial charge on any atom is -0.383 e. The lowest BCUT2D eigenvalue weighted by molar-refractivity contribution is 1.24. The Morgan fingerprint density at radius 3 is 2.67 bits per heavy atom. The van der Waals surface area contributed by atoms with Gasteiger partial charge in [-0.25, -0.2) is 4.98 Å². The molecule has 1 heterocycles. The van der Waals surface area contributed by atoms with Crippen molar-refractivity contribution in [3.8, 4) is 17.2 Å². The van der Waals surface area contributed by atoms with Crippen molar-refractivity contribution in [2.75, 3.05) is 11.5 Å². The molecule has 3 aromatic rings. The van der Waals surface area contributed by atoms with Gasteiger partial charge in [-0.2, -0.15) is 10.2 Å². The second-order valence-electron chi connectivity index (χ2n) is 4.84. The van der Waals surface area contributed by atoms with Crippen LogP contribution in [0, 0.1) is 18.3 Å². The molecule has 0 amide bonds. The molecule has 3 rings (SSSR count). The van der Waals surface area contributed by atoms with Gasteiger partial charge in [0.2, 0.25) is 5.95 Å². The van der Waals surface area contributed by atoms with Crippen molar-refractivity contribution in [1.29, 1.82) is 5.26 Å². The van der Waals surface area contributed by atoms with Crippen LogP contribution < -0.4 is 11.5 Å². The zero-order valence-corrected chi connectivity index (χ0v) is 11.5. The summed E-state index contributed by atoms with van der Waals surface area (Å²) in [6.45, 7) is 1.99. The predicted molar refractivity (Wildman–Crippen MR) is 83.3 cm³/mol. The Kier molecular flexibility index (Phi) is 2.92. The molecular weight excluding hydrogens is 262 g/mol. The maximum atomic E-state index is 9.02. The summed E-state index contributed by atoms with van der Waals surface area (Å²) in [6.07, 6.45) is 0. The average molecular weight is 275 g/mol. The zero-order valence-electron chi connectivity index (χ0n) is 11.5. The van der Waals surface area contributed by atoms with E-state index in [-0.39, 0.29) is 5.95 Å². The third-order valence-corrected chi connectivity index (χ3v) is 3.39. The normalized spacial score (nSPS) is 10.5. The summed E-state index contributed by atoms with van der Waals surface area (Å²) in [5.41, 5.74) is 15.9. The first-order valence-electron chi connectivity index (χ1n) is 6.42. The Bertz CT molecular complexity index is 893. The Balaban J connectivity index is 2.28. The first-order chi connectivity index (χ1) is 10.1. The topological polar surface area (TPSA) is 102 Å². The number of nitrogens with zero attached hydrogens (tertiary/aromatic N) is 3. The van der Waals surface area contributed by atoms with Crippen LogP contribution in [0.5, 0.6) is 0 Å². The number of nitrogen functional groups attached to an aromatic ring is 2. The van der Waals surface area contributed by atoms with E-state index in [1.807, 2.05) is 37.3 Å². The van der Waals surface area contributed by atoms with E-state index in [0.29, 0.717) is 16.9 Å². The minimum atomic E-state index is 0.153. The molecule has 21 heavy (non-hydrogen) atoms. The van der Waals surface area contributed by atoms with E-state index in [2.05, 4.69) is 16.0 Å². The molecule has 0 aliphatic carbocycles. The smallest absolute Gasteiger partial charge is 0.222 e. The lowest BCUT2D eigenvalue weighted by Gasteiger charge is -2.10. The van der Waals surface area contributed by atoms with Gasteiger partial charge >= 0.3 is 0 Å². The van der Waals surface area contributed by atoms with E-state index in [9.17, 15) is 0 Å². The number of aromatic nitrogens is 2.